The van der Waals surface area contributed by atoms with Crippen molar-refractivity contribution in [1.29, 1.82) is 0 Å². The molecule has 10 heteroatoms. The second-order valence-corrected chi connectivity index (χ2v) is 11.1. The van der Waals surface area contributed by atoms with Crippen molar-refractivity contribution in [3.63, 3.8) is 0 Å². The normalized spacial score (nSPS) is 12.8. The molecule has 0 aliphatic carbocycles. The van der Waals surface area contributed by atoms with Crippen molar-refractivity contribution in [2.75, 3.05) is 19.5 Å². The third-order valence-corrected chi connectivity index (χ3v) is 7.00. The van der Waals surface area contributed by atoms with Gasteiger partial charge in [-0.2, -0.15) is 0 Å². The molecule has 0 bridgehead atoms. The van der Waals surface area contributed by atoms with Crippen molar-refractivity contribution in [1.82, 2.24) is 10.3 Å². The summed E-state index contributed by atoms with van der Waals surface area (Å²) in [6.07, 6.45) is 1.57. The fourth-order valence-electron chi connectivity index (χ4n) is 3.85. The Morgan fingerprint density at radius 3 is 2.31 bits per heavy atom. The first-order valence-electron chi connectivity index (χ1n) is 12.8. The highest BCUT2D eigenvalue weighted by molar-refractivity contribution is 7.19. The molecule has 210 valence electrons. The minimum absolute atomic E-state index is 0.257. The van der Waals surface area contributed by atoms with Crippen molar-refractivity contribution in [2.24, 2.45) is 5.41 Å². The molecule has 2 amide bonds. The van der Waals surface area contributed by atoms with Gasteiger partial charge in [-0.1, -0.05) is 75.8 Å². The highest BCUT2D eigenvalue weighted by Crippen LogP contribution is 2.38. The summed E-state index contributed by atoms with van der Waals surface area (Å²) in [4.78, 5) is 30.8. The van der Waals surface area contributed by atoms with Gasteiger partial charge in [0.25, 0.3) is 0 Å². The smallest absolute Gasteiger partial charge is 0.250 e. The van der Waals surface area contributed by atoms with Crippen molar-refractivity contribution in [3.05, 3.63) is 54.2 Å². The van der Waals surface area contributed by atoms with Crippen molar-refractivity contribution < 1.29 is 28.9 Å². The number of nitrogens with one attached hydrogen (secondary N) is 2. The second-order valence-electron chi connectivity index (χ2n) is 10.1. The van der Waals surface area contributed by atoms with Crippen molar-refractivity contribution in [3.8, 4) is 27.7 Å². The van der Waals surface area contributed by atoms with E-state index in [1.165, 1.54) is 11.3 Å². The first kappa shape index (κ1) is 29.9. The monoisotopic (exact) mass is 555 g/mol. The number of amides is 2. The van der Waals surface area contributed by atoms with Crippen LogP contribution in [0.25, 0.3) is 10.4 Å². The van der Waals surface area contributed by atoms with E-state index >= 15 is 0 Å². The maximum absolute atomic E-state index is 13.0. The SMILES string of the molecule is CCCC(NC(=O)[C@@H](O)C(C)(C)C)C(=O)Nc1ncc(-c2ccccc2COc2c(OC)cccc2OC)s1. The molecule has 3 N–H and O–H groups in total. The van der Waals surface area contributed by atoms with E-state index in [4.69, 9.17) is 14.2 Å². The molecule has 0 saturated carbocycles. The number of nitrogens with zero attached hydrogens (tertiary/aromatic N) is 1. The summed E-state index contributed by atoms with van der Waals surface area (Å²) in [6, 6.07) is 12.4. The zero-order valence-corrected chi connectivity index (χ0v) is 24.1. The maximum Gasteiger partial charge on any atom is 0.250 e. The molecule has 2 aromatic carbocycles. The Balaban J connectivity index is 1.74. The molecule has 0 spiro atoms. The van der Waals surface area contributed by atoms with Crippen LogP contribution in [0.5, 0.6) is 17.2 Å². The number of para-hydroxylation sites is 1. The molecule has 1 aromatic heterocycles. The lowest BCUT2D eigenvalue weighted by atomic mass is 9.88. The largest absolute Gasteiger partial charge is 0.493 e. The van der Waals surface area contributed by atoms with E-state index in [0.717, 1.165) is 16.0 Å². The quantitative estimate of drug-likeness (QED) is 0.287. The van der Waals surface area contributed by atoms with Gasteiger partial charge >= 0.3 is 0 Å². The van der Waals surface area contributed by atoms with Gasteiger partial charge in [-0.15, -0.1) is 0 Å². The van der Waals surface area contributed by atoms with Crippen LogP contribution < -0.4 is 24.8 Å². The van der Waals surface area contributed by atoms with Gasteiger partial charge < -0.3 is 30.0 Å². The number of carbonyl (C=O) groups excluding carboxylic acids is 2. The molecule has 0 radical (unpaired) electrons. The number of anilines is 1. The van der Waals surface area contributed by atoms with E-state index < -0.39 is 23.5 Å². The van der Waals surface area contributed by atoms with E-state index in [9.17, 15) is 14.7 Å². The van der Waals surface area contributed by atoms with Gasteiger partial charge in [0.05, 0.1) is 19.1 Å². The Bertz CT molecular complexity index is 1250. The van der Waals surface area contributed by atoms with E-state index in [2.05, 4.69) is 15.6 Å². The van der Waals surface area contributed by atoms with Gasteiger partial charge in [0.2, 0.25) is 17.6 Å². The number of benzene rings is 2. The first-order valence-corrected chi connectivity index (χ1v) is 13.6. The summed E-state index contributed by atoms with van der Waals surface area (Å²) in [6.45, 7) is 7.47. The van der Waals surface area contributed by atoms with Crippen LogP contribution in [0.15, 0.2) is 48.7 Å². The number of hydrogen-bond donors (Lipinski definition) is 3. The number of aliphatic hydroxyl groups is 1. The number of thiazole rings is 1. The molecule has 0 aliphatic rings. The third kappa shape index (κ3) is 7.70. The summed E-state index contributed by atoms with van der Waals surface area (Å²) in [7, 11) is 3.15. The Labute approximate surface area is 233 Å². The highest BCUT2D eigenvalue weighted by atomic mass is 32.1. The molecule has 0 aliphatic heterocycles. The molecule has 9 nitrogen and oxygen atoms in total. The van der Waals surface area contributed by atoms with E-state index in [1.54, 1.807) is 53.3 Å². The van der Waals surface area contributed by atoms with E-state index in [-0.39, 0.29) is 12.5 Å². The lowest BCUT2D eigenvalue weighted by Crippen LogP contribution is -2.50. The Morgan fingerprint density at radius 1 is 1.03 bits per heavy atom. The number of aliphatic hydroxyl groups excluding tert-OH is 1. The number of methoxy groups -OCH3 is 2. The van der Waals surface area contributed by atoms with E-state index in [0.29, 0.717) is 35.2 Å². The van der Waals surface area contributed by atoms with Crippen molar-refractivity contribution in [2.45, 2.75) is 59.3 Å². The summed E-state index contributed by atoms with van der Waals surface area (Å²) < 4.78 is 17.0. The Hall–Kier alpha value is -3.63. The second kappa shape index (κ2) is 13.4. The topological polar surface area (TPSA) is 119 Å². The van der Waals surface area contributed by atoms with Gasteiger partial charge in [-0.05, 0) is 35.1 Å². The van der Waals surface area contributed by atoms with Crippen LogP contribution >= 0.6 is 11.3 Å². The zero-order chi connectivity index (χ0) is 28.6. The average molecular weight is 556 g/mol. The highest BCUT2D eigenvalue weighted by Gasteiger charge is 2.32. The zero-order valence-electron chi connectivity index (χ0n) is 23.2. The number of aromatic nitrogens is 1. The lowest BCUT2D eigenvalue weighted by molar-refractivity contribution is -0.137. The average Bonchev–Trinajstić information content (AvgIpc) is 3.38. The molecule has 1 unspecified atom stereocenters. The fraction of sp³-hybridized carbons (Fsp3) is 0.414. The van der Waals surface area contributed by atoms with Crippen molar-refractivity contribution >= 4 is 28.3 Å². The molecule has 39 heavy (non-hydrogen) atoms. The number of ether oxygens (including phenoxy) is 3. The maximum atomic E-state index is 13.0. The minimum atomic E-state index is -1.23. The van der Waals surface area contributed by atoms with Gasteiger partial charge in [0.1, 0.15) is 18.8 Å². The van der Waals surface area contributed by atoms with Crippen LogP contribution in [0.3, 0.4) is 0 Å². The molecule has 0 saturated heterocycles. The molecular formula is C29H37N3O6S. The molecule has 0 fully saturated rings. The van der Waals surface area contributed by atoms with Crippen LogP contribution in [-0.4, -0.2) is 48.3 Å². The molecule has 3 aromatic rings. The van der Waals surface area contributed by atoms with Crippen LogP contribution in [0, 0.1) is 5.41 Å². The van der Waals surface area contributed by atoms with Crippen LogP contribution in [0.4, 0.5) is 5.13 Å². The number of rotatable bonds is 12. The van der Waals surface area contributed by atoms with Gasteiger partial charge in [-0.25, -0.2) is 4.98 Å². The van der Waals surface area contributed by atoms with E-state index in [1.807, 2.05) is 37.3 Å². The predicted octanol–water partition coefficient (Wildman–Crippen LogP) is 5.04. The van der Waals surface area contributed by atoms with Gasteiger partial charge in [0, 0.05) is 6.20 Å². The van der Waals surface area contributed by atoms with Crippen LogP contribution in [-0.2, 0) is 16.2 Å². The molecule has 2 atom stereocenters. The number of hydrogen-bond acceptors (Lipinski definition) is 8. The Kier molecular flexibility index (Phi) is 10.3. The first-order chi connectivity index (χ1) is 18.6. The van der Waals surface area contributed by atoms with Gasteiger partial charge in [0.15, 0.2) is 16.6 Å². The predicted molar refractivity (Wildman–Crippen MR) is 152 cm³/mol. The summed E-state index contributed by atoms with van der Waals surface area (Å²) in [5.74, 6) is 0.690. The summed E-state index contributed by atoms with van der Waals surface area (Å²) in [5, 5.41) is 16.2. The third-order valence-electron chi connectivity index (χ3n) is 6.05. The number of carbonyl (C=O) groups is 2. The fourth-order valence-corrected chi connectivity index (χ4v) is 4.73. The summed E-state index contributed by atoms with van der Waals surface area (Å²) >= 11 is 1.32. The molecular weight excluding hydrogens is 518 g/mol. The minimum Gasteiger partial charge on any atom is -0.493 e. The molecule has 1 heterocycles. The van der Waals surface area contributed by atoms with Gasteiger partial charge in [-0.3, -0.25) is 9.59 Å². The lowest BCUT2D eigenvalue weighted by Gasteiger charge is -2.26. The van der Waals surface area contributed by atoms with Crippen LogP contribution in [0.2, 0.25) is 0 Å². The van der Waals surface area contributed by atoms with Crippen LogP contribution in [0.1, 0.15) is 46.1 Å². The summed E-state index contributed by atoms with van der Waals surface area (Å²) in [5.41, 5.74) is 1.19. The standard InChI is InChI=1S/C29H37N3O6S/c1-7-11-20(31-27(35)25(33)29(2,3)4)26(34)32-28-30-16-23(39-28)19-13-9-8-12-18(19)17-38-24-21(36-5)14-10-15-22(24)37-6/h8-10,12-16,20,25,33H,7,11,17H2,1-6H3,(H,31,35)(H,30,32,34)/t20?,25-/m1/s1. The Morgan fingerprint density at radius 2 is 1.69 bits per heavy atom. The molecule has 3 rings (SSSR count).